The SMILES string of the molecule is CCCC1=C([Si](C)(C)CC)c2ccccc2[Si]1(C)C. The summed E-state index contributed by atoms with van der Waals surface area (Å²) >= 11 is 0. The Bertz CT molecular complexity index is 510. The summed E-state index contributed by atoms with van der Waals surface area (Å²) in [6.45, 7) is 15.0. The van der Waals surface area contributed by atoms with E-state index in [1.165, 1.54) is 18.9 Å². The molecular weight excluding hydrogens is 260 g/mol. The van der Waals surface area contributed by atoms with Crippen molar-refractivity contribution in [1.82, 2.24) is 0 Å². The van der Waals surface area contributed by atoms with E-state index in [2.05, 4.69) is 64.3 Å². The van der Waals surface area contributed by atoms with Gasteiger partial charge in [0, 0.05) is 0 Å². The third-order valence-corrected chi connectivity index (χ3v) is 12.7. The average molecular weight is 289 g/mol. The molecule has 0 saturated heterocycles. The van der Waals surface area contributed by atoms with Gasteiger partial charge < -0.3 is 0 Å². The van der Waals surface area contributed by atoms with Crippen LogP contribution in [0.5, 0.6) is 0 Å². The quantitative estimate of drug-likeness (QED) is 0.686. The van der Waals surface area contributed by atoms with E-state index in [-0.39, 0.29) is 0 Å². The van der Waals surface area contributed by atoms with Crippen LogP contribution in [0.25, 0.3) is 5.20 Å². The first-order valence-electron chi connectivity index (χ1n) is 7.70. The number of benzene rings is 1. The molecule has 1 heterocycles. The Morgan fingerprint density at radius 1 is 1.05 bits per heavy atom. The monoisotopic (exact) mass is 288 g/mol. The van der Waals surface area contributed by atoms with E-state index in [1.807, 2.05) is 10.4 Å². The fourth-order valence-corrected chi connectivity index (χ4v) is 11.2. The Morgan fingerprint density at radius 3 is 2.26 bits per heavy atom. The zero-order valence-corrected chi connectivity index (χ0v) is 15.4. The summed E-state index contributed by atoms with van der Waals surface area (Å²) < 4.78 is 0. The van der Waals surface area contributed by atoms with Crippen molar-refractivity contribution in [3.8, 4) is 0 Å². The van der Waals surface area contributed by atoms with E-state index in [1.54, 1.807) is 10.8 Å². The Kier molecular flexibility index (Phi) is 3.94. The zero-order valence-electron chi connectivity index (χ0n) is 13.4. The van der Waals surface area contributed by atoms with E-state index in [0.29, 0.717) is 0 Å². The van der Waals surface area contributed by atoms with Crippen LogP contribution in [0.4, 0.5) is 0 Å². The minimum atomic E-state index is -1.39. The van der Waals surface area contributed by atoms with Crippen molar-refractivity contribution in [2.75, 3.05) is 0 Å². The van der Waals surface area contributed by atoms with Crippen LogP contribution in [0.2, 0.25) is 32.2 Å². The van der Waals surface area contributed by atoms with Gasteiger partial charge in [-0.3, -0.25) is 0 Å². The molecule has 1 aliphatic rings. The second-order valence-corrected chi connectivity index (χ2v) is 16.4. The zero-order chi connectivity index (χ0) is 14.3. The summed E-state index contributed by atoms with van der Waals surface area (Å²) in [7, 11) is -2.66. The summed E-state index contributed by atoms with van der Waals surface area (Å²) in [5.74, 6) is 0. The Balaban J connectivity index is 2.71. The summed E-state index contributed by atoms with van der Waals surface area (Å²) in [4.78, 5) is 0. The summed E-state index contributed by atoms with van der Waals surface area (Å²) in [5.41, 5.74) is 1.63. The van der Waals surface area contributed by atoms with Crippen molar-refractivity contribution in [3.05, 3.63) is 35.0 Å². The highest BCUT2D eigenvalue weighted by atomic mass is 28.3. The molecule has 104 valence electrons. The van der Waals surface area contributed by atoms with Crippen LogP contribution in [0.15, 0.2) is 29.5 Å². The van der Waals surface area contributed by atoms with Crippen LogP contribution in [-0.2, 0) is 0 Å². The molecule has 0 spiro atoms. The molecule has 2 heteroatoms. The molecule has 2 rings (SSSR count). The highest BCUT2D eigenvalue weighted by Gasteiger charge is 2.43. The maximum atomic E-state index is 2.56. The fourth-order valence-electron chi connectivity index (χ4n) is 3.52. The van der Waals surface area contributed by atoms with E-state index < -0.39 is 16.1 Å². The molecule has 1 aromatic carbocycles. The van der Waals surface area contributed by atoms with Gasteiger partial charge in [0.25, 0.3) is 0 Å². The summed E-state index contributed by atoms with van der Waals surface area (Å²) in [6, 6.07) is 10.6. The smallest absolute Gasteiger partial charge is 0.0761 e. The molecule has 0 N–H and O–H groups in total. The van der Waals surface area contributed by atoms with Crippen LogP contribution in [0.1, 0.15) is 32.3 Å². The number of fused-ring (bicyclic) bond motifs is 1. The van der Waals surface area contributed by atoms with Crippen molar-refractivity contribution >= 4 is 26.5 Å². The van der Waals surface area contributed by atoms with Gasteiger partial charge in [-0.25, -0.2) is 0 Å². The van der Waals surface area contributed by atoms with Gasteiger partial charge in [-0.15, -0.1) is 0 Å². The third-order valence-electron chi connectivity index (χ3n) is 4.99. The number of hydrogen-bond acceptors (Lipinski definition) is 0. The van der Waals surface area contributed by atoms with Gasteiger partial charge in [0.15, 0.2) is 0 Å². The number of rotatable bonds is 4. The molecule has 1 aromatic rings. The van der Waals surface area contributed by atoms with Crippen LogP contribution in [0, 0.1) is 0 Å². The van der Waals surface area contributed by atoms with E-state index >= 15 is 0 Å². The largest absolute Gasteiger partial charge is 0.108 e. The Labute approximate surface area is 121 Å². The van der Waals surface area contributed by atoms with Gasteiger partial charge in [0.1, 0.15) is 8.07 Å². The molecule has 0 saturated carbocycles. The highest BCUT2D eigenvalue weighted by Crippen LogP contribution is 2.42. The predicted octanol–water partition coefficient (Wildman–Crippen LogP) is 4.98. The molecular formula is C17H28Si2. The van der Waals surface area contributed by atoms with Gasteiger partial charge in [-0.2, -0.15) is 0 Å². The molecule has 0 unspecified atom stereocenters. The fraction of sp³-hybridized carbons (Fsp3) is 0.529. The first-order valence-corrected chi connectivity index (χ1v) is 13.9. The average Bonchev–Trinajstić information content (AvgIpc) is 2.60. The second kappa shape index (κ2) is 5.06. The molecule has 19 heavy (non-hydrogen) atoms. The first-order chi connectivity index (χ1) is 8.86. The second-order valence-electron chi connectivity index (χ2n) is 7.01. The lowest BCUT2D eigenvalue weighted by atomic mass is 10.2. The minimum absolute atomic E-state index is 1.27. The standard InChI is InChI=1S/C17H28Si2/c1-7-11-16-17(18(3,4)8-2)14-12-9-10-13-15(14)19(16,5)6/h9-10,12-13H,7-8,11H2,1-6H3. The molecule has 1 aliphatic heterocycles. The van der Waals surface area contributed by atoms with Crippen LogP contribution >= 0.6 is 0 Å². The van der Waals surface area contributed by atoms with Crippen molar-refractivity contribution in [2.24, 2.45) is 0 Å². The van der Waals surface area contributed by atoms with Crippen molar-refractivity contribution in [2.45, 2.75) is 58.9 Å². The number of allylic oxidation sites excluding steroid dienone is 1. The molecule has 0 radical (unpaired) electrons. The normalized spacial score (nSPS) is 17.8. The van der Waals surface area contributed by atoms with E-state index in [9.17, 15) is 0 Å². The van der Waals surface area contributed by atoms with Gasteiger partial charge >= 0.3 is 0 Å². The van der Waals surface area contributed by atoms with Crippen molar-refractivity contribution in [1.29, 1.82) is 0 Å². The summed E-state index contributed by atoms with van der Waals surface area (Å²) in [6.07, 6.45) is 2.61. The van der Waals surface area contributed by atoms with Crippen molar-refractivity contribution < 1.29 is 0 Å². The maximum absolute atomic E-state index is 2.56. The minimum Gasteiger partial charge on any atom is -0.0761 e. The van der Waals surface area contributed by atoms with Gasteiger partial charge in [0.05, 0.1) is 8.07 Å². The van der Waals surface area contributed by atoms with Crippen LogP contribution in [0.3, 0.4) is 0 Å². The molecule has 0 nitrogen and oxygen atoms in total. The van der Waals surface area contributed by atoms with E-state index in [0.717, 1.165) is 0 Å². The number of hydrogen-bond donors (Lipinski definition) is 0. The molecule has 0 aliphatic carbocycles. The lowest BCUT2D eigenvalue weighted by molar-refractivity contribution is 0.941. The predicted molar refractivity (Wildman–Crippen MR) is 93.3 cm³/mol. The van der Waals surface area contributed by atoms with Gasteiger partial charge in [-0.1, -0.05) is 87.2 Å². The van der Waals surface area contributed by atoms with Crippen LogP contribution < -0.4 is 5.19 Å². The Hall–Kier alpha value is -0.606. The first kappa shape index (κ1) is 14.8. The molecule has 0 amide bonds. The Morgan fingerprint density at radius 2 is 1.68 bits per heavy atom. The van der Waals surface area contributed by atoms with Crippen LogP contribution in [-0.4, -0.2) is 16.1 Å². The molecule has 0 atom stereocenters. The van der Waals surface area contributed by atoms with Gasteiger partial charge in [0.2, 0.25) is 0 Å². The molecule has 0 fully saturated rings. The summed E-state index contributed by atoms with van der Waals surface area (Å²) in [5, 5.41) is 5.39. The van der Waals surface area contributed by atoms with Gasteiger partial charge in [-0.05, 0) is 17.2 Å². The lowest BCUT2D eigenvalue weighted by Crippen LogP contribution is -2.41. The molecule has 0 bridgehead atoms. The van der Waals surface area contributed by atoms with E-state index in [4.69, 9.17) is 0 Å². The highest BCUT2D eigenvalue weighted by molar-refractivity contribution is 7.06. The molecule has 0 aromatic heterocycles. The maximum Gasteiger partial charge on any atom is 0.108 e. The lowest BCUT2D eigenvalue weighted by Gasteiger charge is -2.27. The topological polar surface area (TPSA) is 0 Å². The third kappa shape index (κ3) is 2.29. The van der Waals surface area contributed by atoms with Crippen molar-refractivity contribution in [3.63, 3.8) is 0 Å².